The lowest BCUT2D eigenvalue weighted by molar-refractivity contribution is 0.0733. The van der Waals surface area contributed by atoms with Gasteiger partial charge in [0.05, 0.1) is 5.69 Å². The van der Waals surface area contributed by atoms with Crippen LogP contribution < -0.4 is 5.43 Å². The molecule has 6 heteroatoms. The molecule has 1 N–H and O–H groups in total. The fourth-order valence-electron chi connectivity index (χ4n) is 3.48. The minimum Gasteiger partial charge on any atom is -0.334 e. The van der Waals surface area contributed by atoms with Gasteiger partial charge in [0.2, 0.25) is 0 Å². The van der Waals surface area contributed by atoms with Crippen LogP contribution in [0.25, 0.3) is 11.1 Å². The van der Waals surface area contributed by atoms with Crippen molar-refractivity contribution in [2.24, 2.45) is 5.10 Å². The second kappa shape index (κ2) is 9.31. The summed E-state index contributed by atoms with van der Waals surface area (Å²) in [6.07, 6.45) is 4.49. The summed E-state index contributed by atoms with van der Waals surface area (Å²) in [5.41, 5.74) is 7.82. The topological polar surface area (TPSA) is 70.5 Å². The van der Waals surface area contributed by atoms with E-state index in [1.807, 2.05) is 59.6 Å². The lowest BCUT2D eigenvalue weighted by atomic mass is 10.0. The van der Waals surface area contributed by atoms with Crippen molar-refractivity contribution < 1.29 is 4.79 Å². The van der Waals surface area contributed by atoms with E-state index in [0.29, 0.717) is 30.9 Å². The summed E-state index contributed by atoms with van der Waals surface area (Å²) in [6.45, 7) is 3.27. The van der Waals surface area contributed by atoms with Crippen molar-refractivity contribution in [2.75, 3.05) is 12.0 Å². The van der Waals surface area contributed by atoms with Crippen LogP contribution >= 0.6 is 0 Å². The van der Waals surface area contributed by atoms with Gasteiger partial charge in [-0.3, -0.25) is 10.2 Å². The molecule has 0 fully saturated rings. The van der Waals surface area contributed by atoms with E-state index >= 15 is 0 Å². The van der Waals surface area contributed by atoms with Gasteiger partial charge in [0.1, 0.15) is 0 Å². The van der Waals surface area contributed by atoms with E-state index in [1.165, 1.54) is 0 Å². The summed E-state index contributed by atoms with van der Waals surface area (Å²) in [7, 11) is 0. The number of carbonyl (C=O) groups excluding carboxylic acids is 1. The largest absolute Gasteiger partial charge is 0.334 e. The Labute approximate surface area is 176 Å². The number of fused-ring (bicyclic) bond motifs is 1. The van der Waals surface area contributed by atoms with Gasteiger partial charge in [0.25, 0.3) is 5.91 Å². The summed E-state index contributed by atoms with van der Waals surface area (Å²) in [5.74, 6) is 0.634. The molecule has 0 unspecified atom stereocenters. The molecular weight excluding hydrogens is 374 g/mol. The maximum Gasteiger partial charge on any atom is 0.254 e. The number of carbonyl (C=O) groups is 1. The average molecular weight is 399 g/mol. The zero-order chi connectivity index (χ0) is 20.8. The molecule has 0 saturated heterocycles. The SMILES string of the molecule is CCCC=NNc1cc2c(nn1)CCN(C(=O)c1ccc(-c3ccccc3)cc1)C2. The second-order valence-corrected chi connectivity index (χ2v) is 7.33. The molecule has 2 aromatic carbocycles. The third kappa shape index (κ3) is 4.54. The first-order valence-corrected chi connectivity index (χ1v) is 10.3. The van der Waals surface area contributed by atoms with Crippen LogP contribution in [0.15, 0.2) is 65.8 Å². The van der Waals surface area contributed by atoms with Crippen LogP contribution in [0.3, 0.4) is 0 Å². The first kappa shape index (κ1) is 19.8. The third-order valence-corrected chi connectivity index (χ3v) is 5.15. The normalized spacial score (nSPS) is 13.3. The number of nitrogens with zero attached hydrogens (tertiary/aromatic N) is 4. The fourth-order valence-corrected chi connectivity index (χ4v) is 3.48. The van der Waals surface area contributed by atoms with Crippen molar-refractivity contribution in [3.8, 4) is 11.1 Å². The van der Waals surface area contributed by atoms with E-state index in [0.717, 1.165) is 35.2 Å². The highest BCUT2D eigenvalue weighted by molar-refractivity contribution is 5.94. The predicted molar refractivity (Wildman–Crippen MR) is 119 cm³/mol. The van der Waals surface area contributed by atoms with Crippen molar-refractivity contribution in [3.63, 3.8) is 0 Å². The number of anilines is 1. The molecule has 4 rings (SSSR count). The quantitative estimate of drug-likeness (QED) is 0.488. The molecule has 1 aliphatic rings. The molecule has 0 bridgehead atoms. The first-order valence-electron chi connectivity index (χ1n) is 10.3. The number of unbranched alkanes of at least 4 members (excludes halogenated alkanes) is 1. The molecule has 2 heterocycles. The lowest BCUT2D eigenvalue weighted by Gasteiger charge is -2.28. The molecule has 152 valence electrons. The van der Waals surface area contributed by atoms with Gasteiger partial charge in [-0.15, -0.1) is 5.10 Å². The van der Waals surface area contributed by atoms with Crippen LogP contribution in [-0.2, 0) is 13.0 Å². The van der Waals surface area contributed by atoms with Crippen LogP contribution in [0.5, 0.6) is 0 Å². The summed E-state index contributed by atoms with van der Waals surface area (Å²) >= 11 is 0. The number of nitrogens with one attached hydrogen (secondary N) is 1. The third-order valence-electron chi connectivity index (χ3n) is 5.15. The predicted octanol–water partition coefficient (Wildman–Crippen LogP) is 4.54. The van der Waals surface area contributed by atoms with E-state index in [1.54, 1.807) is 0 Å². The first-order chi connectivity index (χ1) is 14.7. The number of hydrogen-bond acceptors (Lipinski definition) is 5. The van der Waals surface area contributed by atoms with Crippen LogP contribution in [0.2, 0.25) is 0 Å². The molecule has 3 aromatic rings. The van der Waals surface area contributed by atoms with E-state index in [2.05, 4.69) is 39.8 Å². The zero-order valence-corrected chi connectivity index (χ0v) is 17.1. The monoisotopic (exact) mass is 399 g/mol. The number of amides is 1. The smallest absolute Gasteiger partial charge is 0.254 e. The summed E-state index contributed by atoms with van der Waals surface area (Å²) in [5, 5.41) is 12.6. The Balaban J connectivity index is 1.45. The Bertz CT molecular complexity index is 1030. The maximum absolute atomic E-state index is 13.0. The lowest BCUT2D eigenvalue weighted by Crippen LogP contribution is -2.36. The van der Waals surface area contributed by atoms with E-state index < -0.39 is 0 Å². The van der Waals surface area contributed by atoms with E-state index in [9.17, 15) is 4.79 Å². The van der Waals surface area contributed by atoms with Crippen LogP contribution in [-0.4, -0.2) is 33.8 Å². The van der Waals surface area contributed by atoms with Crippen molar-refractivity contribution >= 4 is 17.9 Å². The van der Waals surface area contributed by atoms with Gasteiger partial charge in [0, 0.05) is 31.3 Å². The highest BCUT2D eigenvalue weighted by atomic mass is 16.2. The fraction of sp³-hybridized carbons (Fsp3) is 0.250. The van der Waals surface area contributed by atoms with Crippen LogP contribution in [0, 0.1) is 0 Å². The molecule has 0 spiro atoms. The molecule has 1 aromatic heterocycles. The van der Waals surface area contributed by atoms with Gasteiger partial charge in [0.15, 0.2) is 5.82 Å². The van der Waals surface area contributed by atoms with Gasteiger partial charge >= 0.3 is 0 Å². The Morgan fingerprint density at radius 2 is 1.87 bits per heavy atom. The van der Waals surface area contributed by atoms with Crippen molar-refractivity contribution in [2.45, 2.75) is 32.7 Å². The average Bonchev–Trinajstić information content (AvgIpc) is 2.81. The molecule has 1 aliphatic heterocycles. The highest BCUT2D eigenvalue weighted by Gasteiger charge is 2.23. The van der Waals surface area contributed by atoms with Crippen molar-refractivity contribution in [3.05, 3.63) is 77.5 Å². The van der Waals surface area contributed by atoms with Gasteiger partial charge in [-0.1, -0.05) is 55.8 Å². The Morgan fingerprint density at radius 3 is 2.63 bits per heavy atom. The molecule has 6 nitrogen and oxygen atoms in total. The molecule has 0 radical (unpaired) electrons. The number of rotatable bonds is 6. The standard InChI is InChI=1S/C24H25N5O/c1-2-3-14-25-27-23-16-21-17-29(15-13-22(21)26-28-23)24(30)20-11-9-19(10-12-20)18-7-5-4-6-8-18/h4-12,14,16H,2-3,13,15,17H2,1H3,(H,27,28). The highest BCUT2D eigenvalue weighted by Crippen LogP contribution is 2.23. The van der Waals surface area contributed by atoms with Crippen LogP contribution in [0.4, 0.5) is 5.82 Å². The molecule has 0 saturated carbocycles. The van der Waals surface area contributed by atoms with E-state index in [4.69, 9.17) is 0 Å². The minimum absolute atomic E-state index is 0.0348. The van der Waals surface area contributed by atoms with E-state index in [-0.39, 0.29) is 5.91 Å². The summed E-state index contributed by atoms with van der Waals surface area (Å²) in [4.78, 5) is 14.9. The van der Waals surface area contributed by atoms with Crippen LogP contribution in [0.1, 0.15) is 41.4 Å². The second-order valence-electron chi connectivity index (χ2n) is 7.33. The molecule has 1 amide bonds. The minimum atomic E-state index is 0.0348. The molecule has 30 heavy (non-hydrogen) atoms. The zero-order valence-electron chi connectivity index (χ0n) is 17.1. The maximum atomic E-state index is 13.0. The summed E-state index contributed by atoms with van der Waals surface area (Å²) in [6, 6.07) is 19.9. The number of hydrogen-bond donors (Lipinski definition) is 1. The van der Waals surface area contributed by atoms with Gasteiger partial charge < -0.3 is 4.90 Å². The number of hydrazone groups is 1. The Morgan fingerprint density at radius 1 is 1.10 bits per heavy atom. The van der Waals surface area contributed by atoms with Crippen molar-refractivity contribution in [1.82, 2.24) is 15.1 Å². The molecule has 0 aliphatic carbocycles. The van der Waals surface area contributed by atoms with Gasteiger partial charge in [-0.2, -0.15) is 10.2 Å². The Kier molecular flexibility index (Phi) is 6.13. The molecule has 0 atom stereocenters. The number of benzene rings is 2. The van der Waals surface area contributed by atoms with Gasteiger partial charge in [-0.25, -0.2) is 0 Å². The Hall–Kier alpha value is -3.54. The number of aromatic nitrogens is 2. The van der Waals surface area contributed by atoms with Crippen molar-refractivity contribution in [1.29, 1.82) is 0 Å². The molecular formula is C24H25N5O. The van der Waals surface area contributed by atoms with Gasteiger partial charge in [-0.05, 0) is 41.3 Å². The summed E-state index contributed by atoms with van der Waals surface area (Å²) < 4.78 is 0.